The fourth-order valence-electron chi connectivity index (χ4n) is 1.60. The van der Waals surface area contributed by atoms with Crippen LogP contribution >= 0.6 is 11.3 Å². The molecule has 2 rings (SSSR count). The second-order valence-corrected chi connectivity index (χ2v) is 5.51. The molecular formula is C11H17N5OS. The molecule has 98 valence electrons. The summed E-state index contributed by atoms with van der Waals surface area (Å²) in [4.78, 5) is 6.43. The Hall–Kier alpha value is -1.34. The first-order valence-corrected chi connectivity index (χ1v) is 6.78. The zero-order valence-corrected chi connectivity index (χ0v) is 11.7. The second-order valence-electron chi connectivity index (χ2n) is 4.24. The smallest absolute Gasteiger partial charge is 0.226 e. The molecule has 7 heteroatoms. The minimum Gasteiger partial charge on any atom is -0.339 e. The highest BCUT2D eigenvalue weighted by Crippen LogP contribution is 2.11. The monoisotopic (exact) mass is 267 g/mol. The lowest BCUT2D eigenvalue weighted by Crippen LogP contribution is -2.18. The highest BCUT2D eigenvalue weighted by atomic mass is 32.1. The van der Waals surface area contributed by atoms with E-state index in [4.69, 9.17) is 4.52 Å². The average Bonchev–Trinajstić information content (AvgIpc) is 2.89. The summed E-state index contributed by atoms with van der Waals surface area (Å²) in [6.45, 7) is 5.46. The molecule has 0 radical (unpaired) electrons. The van der Waals surface area contributed by atoms with Crippen LogP contribution in [0.3, 0.4) is 0 Å². The molecule has 0 aliphatic rings. The summed E-state index contributed by atoms with van der Waals surface area (Å²) in [5, 5.41) is 14.0. The van der Waals surface area contributed by atoms with Gasteiger partial charge in [0.25, 0.3) is 0 Å². The van der Waals surface area contributed by atoms with Gasteiger partial charge in [0.1, 0.15) is 10.0 Å². The van der Waals surface area contributed by atoms with Gasteiger partial charge < -0.3 is 4.52 Å². The van der Waals surface area contributed by atoms with Crippen molar-refractivity contribution >= 4 is 11.3 Å². The first-order valence-electron chi connectivity index (χ1n) is 5.96. The standard InChI is InChI=1S/C11H17N5OS/c1-4-5-10-12-9(15-17-10)6-16(3)7-11-14-13-8(2)18-11/h4-7H2,1-3H3. The first-order chi connectivity index (χ1) is 8.67. The van der Waals surface area contributed by atoms with Crippen molar-refractivity contribution in [3.63, 3.8) is 0 Å². The van der Waals surface area contributed by atoms with E-state index in [1.54, 1.807) is 11.3 Å². The van der Waals surface area contributed by atoms with Crippen molar-refractivity contribution in [2.24, 2.45) is 0 Å². The van der Waals surface area contributed by atoms with Crippen LogP contribution < -0.4 is 0 Å². The van der Waals surface area contributed by atoms with Crippen molar-refractivity contribution in [1.29, 1.82) is 0 Å². The van der Waals surface area contributed by atoms with E-state index < -0.39 is 0 Å². The number of aromatic nitrogens is 4. The topological polar surface area (TPSA) is 67.9 Å². The fourth-order valence-corrected chi connectivity index (χ4v) is 2.39. The second kappa shape index (κ2) is 6.01. The Labute approximate surface area is 110 Å². The Balaban J connectivity index is 1.88. The average molecular weight is 267 g/mol. The number of hydrogen-bond acceptors (Lipinski definition) is 7. The Kier molecular flexibility index (Phi) is 4.38. The van der Waals surface area contributed by atoms with Crippen LogP contribution in [-0.2, 0) is 19.5 Å². The van der Waals surface area contributed by atoms with Gasteiger partial charge in [-0.25, -0.2) is 0 Å². The maximum atomic E-state index is 5.15. The van der Waals surface area contributed by atoms with Crippen molar-refractivity contribution in [2.45, 2.75) is 39.8 Å². The van der Waals surface area contributed by atoms with Crippen LogP contribution in [-0.4, -0.2) is 32.3 Å². The van der Waals surface area contributed by atoms with Crippen LogP contribution in [0.4, 0.5) is 0 Å². The van der Waals surface area contributed by atoms with Gasteiger partial charge in [-0.2, -0.15) is 4.98 Å². The molecule has 0 aliphatic carbocycles. The largest absolute Gasteiger partial charge is 0.339 e. The Morgan fingerprint density at radius 2 is 2.11 bits per heavy atom. The third-order valence-corrected chi connectivity index (χ3v) is 3.18. The van der Waals surface area contributed by atoms with Gasteiger partial charge in [0, 0.05) is 6.42 Å². The summed E-state index contributed by atoms with van der Waals surface area (Å²) >= 11 is 1.61. The zero-order chi connectivity index (χ0) is 13.0. The lowest BCUT2D eigenvalue weighted by molar-refractivity contribution is 0.298. The molecule has 0 fully saturated rings. The number of rotatable bonds is 6. The van der Waals surface area contributed by atoms with Gasteiger partial charge in [-0.15, -0.1) is 21.5 Å². The van der Waals surface area contributed by atoms with E-state index in [-0.39, 0.29) is 0 Å². The molecule has 6 nitrogen and oxygen atoms in total. The molecule has 0 aromatic carbocycles. The molecule has 0 amide bonds. The van der Waals surface area contributed by atoms with Crippen molar-refractivity contribution in [3.05, 3.63) is 21.7 Å². The Bertz CT molecular complexity index is 495. The van der Waals surface area contributed by atoms with Gasteiger partial charge in [-0.05, 0) is 20.4 Å². The molecule has 0 bridgehead atoms. The lowest BCUT2D eigenvalue weighted by Gasteiger charge is -2.11. The summed E-state index contributed by atoms with van der Waals surface area (Å²) in [7, 11) is 2.01. The molecule has 0 saturated carbocycles. The molecule has 2 aromatic rings. The van der Waals surface area contributed by atoms with Crippen LogP contribution in [0, 0.1) is 6.92 Å². The molecular weight excluding hydrogens is 250 g/mol. The zero-order valence-electron chi connectivity index (χ0n) is 10.9. The van der Waals surface area contributed by atoms with E-state index >= 15 is 0 Å². The van der Waals surface area contributed by atoms with Crippen LogP contribution in [0.2, 0.25) is 0 Å². The summed E-state index contributed by atoms with van der Waals surface area (Å²) in [5.74, 6) is 1.44. The van der Waals surface area contributed by atoms with Crippen molar-refractivity contribution in [3.8, 4) is 0 Å². The van der Waals surface area contributed by atoms with Gasteiger partial charge in [0.15, 0.2) is 5.82 Å². The number of nitrogens with zero attached hydrogens (tertiary/aromatic N) is 5. The highest BCUT2D eigenvalue weighted by Gasteiger charge is 2.10. The van der Waals surface area contributed by atoms with Gasteiger partial charge >= 0.3 is 0 Å². The predicted octanol–water partition coefficient (Wildman–Crippen LogP) is 1.81. The molecule has 18 heavy (non-hydrogen) atoms. The molecule has 0 unspecified atom stereocenters. The van der Waals surface area contributed by atoms with E-state index in [0.29, 0.717) is 12.4 Å². The van der Waals surface area contributed by atoms with Crippen molar-refractivity contribution in [1.82, 2.24) is 25.2 Å². The van der Waals surface area contributed by atoms with Gasteiger partial charge in [0.2, 0.25) is 5.89 Å². The lowest BCUT2D eigenvalue weighted by atomic mass is 10.3. The molecule has 2 heterocycles. The minimum absolute atomic E-state index is 0.659. The Morgan fingerprint density at radius 3 is 2.78 bits per heavy atom. The van der Waals surface area contributed by atoms with Gasteiger partial charge in [-0.3, -0.25) is 4.90 Å². The maximum absolute atomic E-state index is 5.15. The molecule has 0 spiro atoms. The van der Waals surface area contributed by atoms with E-state index in [1.807, 2.05) is 14.0 Å². The summed E-state index contributed by atoms with van der Waals surface area (Å²) in [5.41, 5.74) is 0. The number of aryl methyl sites for hydroxylation is 2. The minimum atomic E-state index is 0.659. The number of hydrogen-bond donors (Lipinski definition) is 0. The third kappa shape index (κ3) is 3.58. The van der Waals surface area contributed by atoms with Crippen LogP contribution in [0.25, 0.3) is 0 Å². The van der Waals surface area contributed by atoms with E-state index in [1.165, 1.54) is 0 Å². The van der Waals surface area contributed by atoms with Crippen LogP contribution in [0.5, 0.6) is 0 Å². The summed E-state index contributed by atoms with van der Waals surface area (Å²) in [6, 6.07) is 0. The summed E-state index contributed by atoms with van der Waals surface area (Å²) in [6.07, 6.45) is 1.86. The van der Waals surface area contributed by atoms with Gasteiger partial charge in [0.05, 0.1) is 13.1 Å². The van der Waals surface area contributed by atoms with E-state index in [0.717, 1.165) is 35.2 Å². The SMILES string of the molecule is CCCc1nc(CN(C)Cc2nnc(C)s2)no1. The molecule has 0 aliphatic heterocycles. The molecule has 0 saturated heterocycles. The predicted molar refractivity (Wildman–Crippen MR) is 68.1 cm³/mol. The quantitative estimate of drug-likeness (QED) is 0.795. The van der Waals surface area contributed by atoms with Crippen molar-refractivity contribution < 1.29 is 4.52 Å². The molecule has 0 N–H and O–H groups in total. The van der Waals surface area contributed by atoms with Gasteiger partial charge in [-0.1, -0.05) is 12.1 Å². The first kappa shape index (κ1) is 13.1. The molecule has 2 aromatic heterocycles. The van der Waals surface area contributed by atoms with E-state index in [2.05, 4.69) is 32.2 Å². The normalized spacial score (nSPS) is 11.3. The highest BCUT2D eigenvalue weighted by molar-refractivity contribution is 7.11. The molecule has 0 atom stereocenters. The Morgan fingerprint density at radius 1 is 1.28 bits per heavy atom. The van der Waals surface area contributed by atoms with Crippen LogP contribution in [0.15, 0.2) is 4.52 Å². The van der Waals surface area contributed by atoms with E-state index in [9.17, 15) is 0 Å². The fraction of sp³-hybridized carbons (Fsp3) is 0.636. The van der Waals surface area contributed by atoms with Crippen LogP contribution in [0.1, 0.15) is 35.1 Å². The third-order valence-electron chi connectivity index (χ3n) is 2.36. The maximum Gasteiger partial charge on any atom is 0.226 e. The van der Waals surface area contributed by atoms with Crippen molar-refractivity contribution in [2.75, 3.05) is 7.05 Å². The summed E-state index contributed by atoms with van der Waals surface area (Å²) < 4.78 is 5.15.